The summed E-state index contributed by atoms with van der Waals surface area (Å²) < 4.78 is 32.1. The first-order chi connectivity index (χ1) is 16.1. The molecule has 180 valence electrons. The summed E-state index contributed by atoms with van der Waals surface area (Å²) in [6, 6.07) is 11.4. The molecule has 1 aliphatic heterocycles. The molecule has 2 aromatic carbocycles. The third kappa shape index (κ3) is 4.56. The first kappa shape index (κ1) is 23.9. The van der Waals surface area contributed by atoms with E-state index < -0.39 is 15.9 Å². The number of carbonyl (C=O) groups is 1. The van der Waals surface area contributed by atoms with Crippen LogP contribution >= 0.6 is 0 Å². The number of aryl methyl sites for hydroxylation is 1. The van der Waals surface area contributed by atoms with Crippen LogP contribution in [0.3, 0.4) is 0 Å². The second kappa shape index (κ2) is 9.21. The largest absolute Gasteiger partial charge is 0.493 e. The molecule has 1 unspecified atom stereocenters. The van der Waals surface area contributed by atoms with Gasteiger partial charge in [-0.05, 0) is 55.3 Å². The molecule has 1 fully saturated rings. The monoisotopic (exact) mass is 484 g/mol. The fourth-order valence-corrected chi connectivity index (χ4v) is 5.06. The van der Waals surface area contributed by atoms with Gasteiger partial charge in [0.2, 0.25) is 15.9 Å². The molecule has 2 N–H and O–H groups in total. The van der Waals surface area contributed by atoms with E-state index in [1.807, 2.05) is 11.8 Å². The van der Waals surface area contributed by atoms with Gasteiger partial charge >= 0.3 is 0 Å². The molecule has 0 bridgehead atoms. The van der Waals surface area contributed by atoms with Gasteiger partial charge in [-0.1, -0.05) is 0 Å². The highest BCUT2D eigenvalue weighted by Gasteiger charge is 2.28. The molecule has 0 radical (unpaired) electrons. The molecule has 1 amide bonds. The maximum absolute atomic E-state index is 13.4. The highest BCUT2D eigenvalue weighted by molar-refractivity contribution is 7.89. The Morgan fingerprint density at radius 1 is 1.21 bits per heavy atom. The van der Waals surface area contributed by atoms with Gasteiger partial charge in [-0.25, -0.2) is 17.7 Å². The number of pyridine rings is 1. The van der Waals surface area contributed by atoms with Gasteiger partial charge in [-0.15, -0.1) is 0 Å². The van der Waals surface area contributed by atoms with Crippen molar-refractivity contribution in [2.24, 2.45) is 0 Å². The highest BCUT2D eigenvalue weighted by atomic mass is 32.2. The Labute approximate surface area is 199 Å². The quantitative estimate of drug-likeness (QED) is 0.553. The Balaban J connectivity index is 1.73. The molecule has 0 aliphatic carbocycles. The second-order valence-corrected chi connectivity index (χ2v) is 10.7. The van der Waals surface area contributed by atoms with Crippen LogP contribution in [-0.2, 0) is 14.8 Å². The maximum atomic E-state index is 13.4. The summed E-state index contributed by atoms with van der Waals surface area (Å²) in [4.78, 5) is 19.6. The zero-order valence-corrected chi connectivity index (χ0v) is 20.4. The number of anilines is 2. The third-order valence-electron chi connectivity index (χ3n) is 6.07. The van der Waals surface area contributed by atoms with Crippen molar-refractivity contribution in [2.75, 3.05) is 44.5 Å². The van der Waals surface area contributed by atoms with Crippen molar-refractivity contribution >= 4 is 38.2 Å². The van der Waals surface area contributed by atoms with Crippen LogP contribution in [-0.4, -0.2) is 69.1 Å². The Bertz CT molecular complexity index is 1360. The van der Waals surface area contributed by atoms with Gasteiger partial charge < -0.3 is 20.1 Å². The Kier molecular flexibility index (Phi) is 6.48. The number of sulfonamides is 1. The highest BCUT2D eigenvalue weighted by Crippen LogP contribution is 2.30. The topological polar surface area (TPSA) is 112 Å². The zero-order valence-electron chi connectivity index (χ0n) is 19.6. The number of aromatic nitrogens is 1. The van der Waals surface area contributed by atoms with Gasteiger partial charge in [-0.2, -0.15) is 0 Å². The minimum atomic E-state index is -3.72. The summed E-state index contributed by atoms with van der Waals surface area (Å²) in [5.74, 6) is -0.485. The molecule has 1 aliphatic rings. The van der Waals surface area contributed by atoms with Crippen molar-refractivity contribution in [2.45, 2.75) is 24.3 Å². The number of nitrogens with one attached hydrogen (secondary N) is 1. The number of fused-ring (bicyclic) bond motifs is 1. The van der Waals surface area contributed by atoms with E-state index >= 15 is 0 Å². The molecule has 1 saturated heterocycles. The van der Waals surface area contributed by atoms with E-state index in [9.17, 15) is 18.3 Å². The Morgan fingerprint density at radius 2 is 1.97 bits per heavy atom. The molecular formula is C24H28N4O5S. The molecule has 10 heteroatoms. The van der Waals surface area contributed by atoms with Crippen LogP contribution in [0.25, 0.3) is 10.9 Å². The smallest absolute Gasteiger partial charge is 0.257 e. The standard InChI is InChI=1S/C24H28N4O5S/c1-15-11-23(29)26-21-7-5-16(12-19(15)21)25-24(30)20-13-18(34(31,32)27(2)3)6-8-22(20)28-10-9-17(14-28)33-4/h5-8,11-13,17H,9-10,14H2,1-4H3,(H,25,30)(H,26,29). The van der Waals surface area contributed by atoms with Crippen LogP contribution < -0.4 is 10.2 Å². The average Bonchev–Trinajstić information content (AvgIpc) is 3.28. The van der Waals surface area contributed by atoms with Gasteiger partial charge in [0.1, 0.15) is 0 Å². The lowest BCUT2D eigenvalue weighted by Crippen LogP contribution is -2.27. The average molecular weight is 485 g/mol. The Morgan fingerprint density at radius 3 is 2.65 bits per heavy atom. The summed E-state index contributed by atoms with van der Waals surface area (Å²) >= 11 is 0. The summed E-state index contributed by atoms with van der Waals surface area (Å²) in [5.41, 5.74) is 2.88. The summed E-state index contributed by atoms with van der Waals surface area (Å²) in [5, 5.41) is 13.4. The van der Waals surface area contributed by atoms with Crippen LogP contribution in [0.2, 0.25) is 0 Å². The van der Waals surface area contributed by atoms with Crippen LogP contribution in [0.15, 0.2) is 47.4 Å². The van der Waals surface area contributed by atoms with Gasteiger partial charge in [0.25, 0.3) is 5.91 Å². The number of hydrogen-bond acceptors (Lipinski definition) is 7. The van der Waals surface area contributed by atoms with Crippen molar-refractivity contribution < 1.29 is 23.1 Å². The fourth-order valence-electron chi connectivity index (χ4n) is 4.14. The molecule has 34 heavy (non-hydrogen) atoms. The third-order valence-corrected chi connectivity index (χ3v) is 7.88. The number of ether oxygens (including phenoxy) is 1. The first-order valence-electron chi connectivity index (χ1n) is 10.9. The van der Waals surface area contributed by atoms with E-state index in [4.69, 9.17) is 4.74 Å². The predicted octanol–water partition coefficient (Wildman–Crippen LogP) is 2.98. The lowest BCUT2D eigenvalue weighted by molar-refractivity contribution is 0.102. The molecule has 4 rings (SSSR count). The van der Waals surface area contributed by atoms with E-state index in [-0.39, 0.29) is 22.4 Å². The van der Waals surface area contributed by atoms with E-state index in [2.05, 4.69) is 10.3 Å². The molecule has 9 nitrogen and oxygen atoms in total. The molecule has 1 atom stereocenters. The van der Waals surface area contributed by atoms with Gasteiger partial charge in [0, 0.05) is 57.1 Å². The number of carbonyl (C=O) groups excluding carboxylic acids is 1. The number of benzene rings is 2. The fraction of sp³-hybridized carbons (Fsp3) is 0.333. The molecule has 3 aromatic rings. The van der Waals surface area contributed by atoms with Crippen molar-refractivity contribution in [1.29, 1.82) is 0 Å². The number of hydrogen-bond donors (Lipinski definition) is 2. The van der Waals surface area contributed by atoms with Gasteiger partial charge in [0.15, 0.2) is 0 Å². The van der Waals surface area contributed by atoms with Crippen LogP contribution in [0.5, 0.6) is 5.88 Å². The van der Waals surface area contributed by atoms with E-state index in [0.717, 1.165) is 21.7 Å². The summed E-state index contributed by atoms with van der Waals surface area (Å²) in [6.07, 6.45) is 0.868. The van der Waals surface area contributed by atoms with Crippen LogP contribution in [0.1, 0.15) is 22.3 Å². The van der Waals surface area contributed by atoms with E-state index in [1.54, 1.807) is 37.4 Å². The number of methoxy groups -OCH3 is 1. The van der Waals surface area contributed by atoms with Crippen molar-refractivity contribution in [1.82, 2.24) is 9.29 Å². The van der Waals surface area contributed by atoms with E-state index in [0.29, 0.717) is 30.0 Å². The summed E-state index contributed by atoms with van der Waals surface area (Å²) in [7, 11) is 0.844. The molecule has 0 saturated carbocycles. The van der Waals surface area contributed by atoms with Gasteiger partial charge in [-0.3, -0.25) is 4.79 Å². The van der Waals surface area contributed by atoms with Crippen LogP contribution in [0, 0.1) is 6.92 Å². The molecule has 1 aromatic heterocycles. The molecule has 0 spiro atoms. The minimum absolute atomic E-state index is 0.0444. The van der Waals surface area contributed by atoms with Crippen molar-refractivity contribution in [3.8, 4) is 5.88 Å². The normalized spacial score (nSPS) is 16.4. The number of aromatic hydroxyl groups is 1. The maximum Gasteiger partial charge on any atom is 0.257 e. The number of nitrogens with zero attached hydrogens (tertiary/aromatic N) is 3. The first-order valence-corrected chi connectivity index (χ1v) is 12.3. The zero-order chi connectivity index (χ0) is 24.6. The van der Waals surface area contributed by atoms with Crippen LogP contribution in [0.4, 0.5) is 11.4 Å². The lowest BCUT2D eigenvalue weighted by atomic mass is 10.1. The predicted molar refractivity (Wildman–Crippen MR) is 131 cm³/mol. The SMILES string of the molecule is COC1CCN(c2ccc(S(=O)(=O)N(C)C)cc2C(=O)Nc2ccc3nc(O)cc(C)c3c2)C1. The number of amides is 1. The molecule has 2 heterocycles. The van der Waals surface area contributed by atoms with Gasteiger partial charge in [0.05, 0.1) is 22.1 Å². The number of rotatable bonds is 6. The minimum Gasteiger partial charge on any atom is -0.493 e. The van der Waals surface area contributed by atoms with Crippen molar-refractivity contribution in [3.63, 3.8) is 0 Å². The van der Waals surface area contributed by atoms with Crippen molar-refractivity contribution in [3.05, 3.63) is 53.6 Å². The van der Waals surface area contributed by atoms with E-state index in [1.165, 1.54) is 26.2 Å². The molecular weight excluding hydrogens is 456 g/mol. The lowest BCUT2D eigenvalue weighted by Gasteiger charge is -2.23. The Hall–Kier alpha value is -3.21. The summed E-state index contributed by atoms with van der Waals surface area (Å²) in [6.45, 7) is 3.16. The second-order valence-electron chi connectivity index (χ2n) is 8.54.